The molecular weight excluding hydrogens is 200 g/mol. The van der Waals surface area contributed by atoms with Crippen molar-refractivity contribution in [3.05, 3.63) is 29.8 Å². The lowest BCUT2D eigenvalue weighted by Crippen LogP contribution is -2.17. The maximum Gasteiger partial charge on any atom is 0.119 e. The lowest BCUT2D eigenvalue weighted by Gasteiger charge is -2.08. The van der Waals surface area contributed by atoms with Crippen molar-refractivity contribution in [3.63, 3.8) is 0 Å². The highest BCUT2D eigenvalue weighted by Gasteiger charge is 2.00. The van der Waals surface area contributed by atoms with Crippen LogP contribution in [0.25, 0.3) is 0 Å². The summed E-state index contributed by atoms with van der Waals surface area (Å²) in [6.07, 6.45) is 2.17. The smallest absolute Gasteiger partial charge is 0.119 e. The van der Waals surface area contributed by atoms with Gasteiger partial charge in [-0.1, -0.05) is 12.1 Å². The Hall–Kier alpha value is -1.53. The van der Waals surface area contributed by atoms with Crippen LogP contribution in [0.5, 0.6) is 5.75 Å². The van der Waals surface area contributed by atoms with Crippen LogP contribution in [-0.4, -0.2) is 12.6 Å². The number of hydrogen-bond donors (Lipinski definition) is 1. The van der Waals surface area contributed by atoms with E-state index in [9.17, 15) is 0 Å². The van der Waals surface area contributed by atoms with E-state index in [1.54, 1.807) is 0 Å². The van der Waals surface area contributed by atoms with E-state index in [1.807, 2.05) is 31.2 Å². The Bertz CT molecular complexity index is 355. The van der Waals surface area contributed by atoms with Crippen molar-refractivity contribution in [2.75, 3.05) is 6.61 Å². The van der Waals surface area contributed by atoms with Gasteiger partial charge in [0.15, 0.2) is 0 Å². The Balaban J connectivity index is 2.44. The van der Waals surface area contributed by atoms with E-state index in [1.165, 1.54) is 5.56 Å². The van der Waals surface area contributed by atoms with Crippen molar-refractivity contribution in [1.29, 1.82) is 5.26 Å². The molecule has 1 aromatic carbocycles. The molecule has 0 aromatic heterocycles. The Kier molecular flexibility index (Phi) is 5.38. The Morgan fingerprint density at radius 3 is 3.00 bits per heavy atom. The first-order chi connectivity index (χ1) is 7.72. The van der Waals surface area contributed by atoms with Crippen LogP contribution in [0.2, 0.25) is 0 Å². The molecule has 0 aliphatic rings. The molecule has 1 rings (SSSR count). The average molecular weight is 218 g/mol. The van der Waals surface area contributed by atoms with Gasteiger partial charge in [-0.15, -0.1) is 0 Å². The summed E-state index contributed by atoms with van der Waals surface area (Å²) in [6.45, 7) is 2.58. The van der Waals surface area contributed by atoms with Gasteiger partial charge < -0.3 is 10.5 Å². The van der Waals surface area contributed by atoms with Gasteiger partial charge in [0.25, 0.3) is 0 Å². The van der Waals surface area contributed by atoms with Crippen LogP contribution in [0.1, 0.15) is 25.3 Å². The highest BCUT2D eigenvalue weighted by Crippen LogP contribution is 2.14. The first-order valence-electron chi connectivity index (χ1n) is 5.56. The predicted molar refractivity (Wildman–Crippen MR) is 64.1 cm³/mol. The molecule has 0 aliphatic carbocycles. The minimum absolute atomic E-state index is 0.161. The first-order valence-corrected chi connectivity index (χ1v) is 5.56. The molecule has 0 amide bonds. The zero-order valence-electron chi connectivity index (χ0n) is 9.65. The number of nitrogens with zero attached hydrogens (tertiary/aromatic N) is 1. The monoisotopic (exact) mass is 218 g/mol. The van der Waals surface area contributed by atoms with Gasteiger partial charge in [-0.3, -0.25) is 0 Å². The third kappa shape index (κ3) is 4.81. The third-order valence-corrected chi connectivity index (χ3v) is 2.16. The molecule has 1 atom stereocenters. The summed E-state index contributed by atoms with van der Waals surface area (Å²) in [7, 11) is 0. The van der Waals surface area contributed by atoms with E-state index in [0.29, 0.717) is 13.0 Å². The molecular formula is C13H18N2O. The molecule has 0 saturated carbocycles. The van der Waals surface area contributed by atoms with Crippen molar-refractivity contribution in [2.24, 2.45) is 5.73 Å². The standard InChI is InChI=1S/C13H18N2O/c1-11(15)9-12-5-4-6-13(10-12)16-8-3-2-7-14/h4-6,10-11H,2-3,8-9,15H2,1H3. The van der Waals surface area contributed by atoms with Crippen molar-refractivity contribution in [1.82, 2.24) is 0 Å². The molecule has 0 bridgehead atoms. The lowest BCUT2D eigenvalue weighted by molar-refractivity contribution is 0.312. The Morgan fingerprint density at radius 1 is 1.50 bits per heavy atom. The number of nitrogens with two attached hydrogens (primary N) is 1. The van der Waals surface area contributed by atoms with Crippen LogP contribution in [-0.2, 0) is 6.42 Å². The molecule has 1 unspecified atom stereocenters. The first kappa shape index (κ1) is 12.5. The number of hydrogen-bond acceptors (Lipinski definition) is 3. The van der Waals surface area contributed by atoms with Crippen molar-refractivity contribution >= 4 is 0 Å². The molecule has 86 valence electrons. The van der Waals surface area contributed by atoms with Crippen molar-refractivity contribution in [3.8, 4) is 11.8 Å². The molecule has 3 heteroatoms. The van der Waals surface area contributed by atoms with Gasteiger partial charge in [-0.05, 0) is 37.5 Å². The molecule has 0 aliphatic heterocycles. The van der Waals surface area contributed by atoms with Gasteiger partial charge in [0.2, 0.25) is 0 Å². The molecule has 3 nitrogen and oxygen atoms in total. The van der Waals surface area contributed by atoms with Crippen LogP contribution < -0.4 is 10.5 Å². The zero-order chi connectivity index (χ0) is 11.8. The summed E-state index contributed by atoms with van der Waals surface area (Å²) in [6, 6.07) is 10.2. The molecule has 0 heterocycles. The fourth-order valence-corrected chi connectivity index (χ4v) is 1.48. The summed E-state index contributed by atoms with van der Waals surface area (Å²) in [5.74, 6) is 0.857. The van der Waals surface area contributed by atoms with Gasteiger partial charge in [0.1, 0.15) is 5.75 Å². The molecule has 0 spiro atoms. The van der Waals surface area contributed by atoms with E-state index in [2.05, 4.69) is 6.07 Å². The van der Waals surface area contributed by atoms with Crippen molar-refractivity contribution < 1.29 is 4.74 Å². The summed E-state index contributed by atoms with van der Waals surface area (Å²) >= 11 is 0. The second-order valence-corrected chi connectivity index (χ2v) is 3.94. The highest BCUT2D eigenvalue weighted by atomic mass is 16.5. The number of nitriles is 1. The van der Waals surface area contributed by atoms with Crippen LogP contribution in [0.3, 0.4) is 0 Å². The highest BCUT2D eigenvalue weighted by molar-refractivity contribution is 5.28. The summed E-state index contributed by atoms with van der Waals surface area (Å²) < 4.78 is 5.54. The zero-order valence-corrected chi connectivity index (χ0v) is 9.65. The van der Waals surface area contributed by atoms with Crippen LogP contribution in [0, 0.1) is 11.3 Å². The number of benzene rings is 1. The SMILES string of the molecule is CC(N)Cc1cccc(OCCCC#N)c1. The van der Waals surface area contributed by atoms with E-state index >= 15 is 0 Å². The normalized spacial score (nSPS) is 11.8. The molecule has 0 radical (unpaired) electrons. The van der Waals surface area contributed by atoms with Gasteiger partial charge >= 0.3 is 0 Å². The lowest BCUT2D eigenvalue weighted by atomic mass is 10.1. The number of ether oxygens (including phenoxy) is 1. The van der Waals surface area contributed by atoms with Gasteiger partial charge in [0, 0.05) is 12.5 Å². The third-order valence-electron chi connectivity index (χ3n) is 2.16. The predicted octanol–water partition coefficient (Wildman–Crippen LogP) is 2.26. The quantitative estimate of drug-likeness (QED) is 0.745. The number of rotatable bonds is 6. The van der Waals surface area contributed by atoms with Crippen LogP contribution in [0.15, 0.2) is 24.3 Å². The second-order valence-electron chi connectivity index (χ2n) is 3.94. The maximum atomic E-state index is 8.39. The largest absolute Gasteiger partial charge is 0.494 e. The topological polar surface area (TPSA) is 59.0 Å². The van der Waals surface area contributed by atoms with E-state index in [-0.39, 0.29) is 6.04 Å². The Morgan fingerprint density at radius 2 is 2.31 bits per heavy atom. The fraction of sp³-hybridized carbons (Fsp3) is 0.462. The second kappa shape index (κ2) is 6.86. The van der Waals surface area contributed by atoms with E-state index < -0.39 is 0 Å². The number of unbranched alkanes of at least 4 members (excludes halogenated alkanes) is 1. The molecule has 1 aromatic rings. The van der Waals surface area contributed by atoms with Crippen LogP contribution >= 0.6 is 0 Å². The fourth-order valence-electron chi connectivity index (χ4n) is 1.48. The van der Waals surface area contributed by atoms with Gasteiger partial charge in [-0.2, -0.15) is 5.26 Å². The summed E-state index contributed by atoms with van der Waals surface area (Å²) in [5, 5.41) is 8.39. The molecule has 16 heavy (non-hydrogen) atoms. The minimum Gasteiger partial charge on any atom is -0.494 e. The molecule has 0 fully saturated rings. The van der Waals surface area contributed by atoms with Gasteiger partial charge in [-0.25, -0.2) is 0 Å². The van der Waals surface area contributed by atoms with Gasteiger partial charge in [0.05, 0.1) is 12.7 Å². The minimum atomic E-state index is 0.161. The Labute approximate surface area is 96.8 Å². The van der Waals surface area contributed by atoms with E-state index in [4.69, 9.17) is 15.7 Å². The molecule has 0 saturated heterocycles. The van der Waals surface area contributed by atoms with E-state index in [0.717, 1.165) is 18.6 Å². The van der Waals surface area contributed by atoms with Crippen LogP contribution in [0.4, 0.5) is 0 Å². The maximum absolute atomic E-state index is 8.39. The molecule has 2 N–H and O–H groups in total. The van der Waals surface area contributed by atoms with Crippen molar-refractivity contribution in [2.45, 2.75) is 32.2 Å². The summed E-state index contributed by atoms with van der Waals surface area (Å²) in [4.78, 5) is 0. The summed E-state index contributed by atoms with van der Waals surface area (Å²) in [5.41, 5.74) is 6.93. The average Bonchev–Trinajstić information content (AvgIpc) is 2.24.